The van der Waals surface area contributed by atoms with Crippen molar-refractivity contribution in [1.82, 2.24) is 15.2 Å². The lowest BCUT2D eigenvalue weighted by atomic mass is 10.1. The number of halogens is 2. The summed E-state index contributed by atoms with van der Waals surface area (Å²) in [6.07, 6.45) is 1.91. The first-order valence-electron chi connectivity index (χ1n) is 4.41. The van der Waals surface area contributed by atoms with Crippen LogP contribution in [0.15, 0.2) is 4.79 Å². The van der Waals surface area contributed by atoms with E-state index >= 15 is 0 Å². The molecule has 2 rings (SSSR count). The molecular weight excluding hydrogens is 241 g/mol. The van der Waals surface area contributed by atoms with E-state index in [-0.39, 0.29) is 30.5 Å². The zero-order valence-electron chi connectivity index (χ0n) is 8.10. The number of piperidine rings is 1. The van der Waals surface area contributed by atoms with Gasteiger partial charge in [0.25, 0.3) is 0 Å². The average Bonchev–Trinajstić information content (AvgIpc) is 2.53. The van der Waals surface area contributed by atoms with Gasteiger partial charge in [0.05, 0.1) is 0 Å². The van der Waals surface area contributed by atoms with E-state index in [4.69, 9.17) is 5.73 Å². The molecule has 15 heavy (non-hydrogen) atoms. The highest BCUT2D eigenvalue weighted by Crippen LogP contribution is 2.12. The van der Waals surface area contributed by atoms with Gasteiger partial charge in [0.15, 0.2) is 0 Å². The van der Waals surface area contributed by atoms with Gasteiger partial charge >= 0.3 is 5.69 Å². The Morgan fingerprint density at radius 1 is 1.33 bits per heavy atom. The Bertz CT molecular complexity index is 330. The van der Waals surface area contributed by atoms with Crippen LogP contribution in [0.5, 0.6) is 0 Å². The van der Waals surface area contributed by atoms with Crippen molar-refractivity contribution in [2.75, 3.05) is 18.0 Å². The fourth-order valence-electron chi connectivity index (χ4n) is 1.52. The third-order valence-electron chi connectivity index (χ3n) is 2.33. The van der Waals surface area contributed by atoms with Gasteiger partial charge in [-0.1, -0.05) is 0 Å². The SMILES string of the molecule is Cl.Cl.NC1CCN(c2n[nH]c(=O)[nH]2)CC1. The maximum atomic E-state index is 10.8. The molecule has 8 heteroatoms. The first kappa shape index (κ1) is 14.3. The minimum absolute atomic E-state index is 0. The smallest absolute Gasteiger partial charge is 0.341 e. The summed E-state index contributed by atoms with van der Waals surface area (Å²) in [7, 11) is 0. The summed E-state index contributed by atoms with van der Waals surface area (Å²) in [6, 6.07) is 0.293. The molecular formula is C7H15Cl2N5O. The van der Waals surface area contributed by atoms with Gasteiger partial charge in [0.1, 0.15) is 0 Å². The Balaban J connectivity index is 0.000000980. The summed E-state index contributed by atoms with van der Waals surface area (Å²) >= 11 is 0. The summed E-state index contributed by atoms with van der Waals surface area (Å²) in [4.78, 5) is 15.4. The van der Waals surface area contributed by atoms with E-state index in [9.17, 15) is 4.79 Å². The number of hydrogen-bond donors (Lipinski definition) is 3. The van der Waals surface area contributed by atoms with Crippen molar-refractivity contribution >= 4 is 30.8 Å². The van der Waals surface area contributed by atoms with Crippen LogP contribution in [-0.2, 0) is 0 Å². The summed E-state index contributed by atoms with van der Waals surface area (Å²) in [5.41, 5.74) is 5.49. The van der Waals surface area contributed by atoms with Crippen molar-refractivity contribution in [3.8, 4) is 0 Å². The van der Waals surface area contributed by atoms with E-state index < -0.39 is 0 Å². The molecule has 1 aromatic rings. The molecule has 0 bridgehead atoms. The van der Waals surface area contributed by atoms with Crippen LogP contribution >= 0.6 is 24.8 Å². The van der Waals surface area contributed by atoms with Crippen molar-refractivity contribution in [2.45, 2.75) is 18.9 Å². The molecule has 1 aliphatic heterocycles. The molecule has 0 spiro atoms. The number of aromatic nitrogens is 3. The number of anilines is 1. The van der Waals surface area contributed by atoms with Crippen LogP contribution in [0.2, 0.25) is 0 Å². The lowest BCUT2D eigenvalue weighted by molar-refractivity contribution is 0.496. The monoisotopic (exact) mass is 255 g/mol. The number of nitrogens with zero attached hydrogens (tertiary/aromatic N) is 2. The summed E-state index contributed by atoms with van der Waals surface area (Å²) < 4.78 is 0. The fourth-order valence-corrected chi connectivity index (χ4v) is 1.52. The van der Waals surface area contributed by atoms with Crippen LogP contribution in [0.25, 0.3) is 0 Å². The predicted octanol–water partition coefficient (Wildman–Crippen LogP) is -0.131. The molecule has 1 aromatic heterocycles. The maximum absolute atomic E-state index is 10.8. The van der Waals surface area contributed by atoms with Crippen LogP contribution in [0.1, 0.15) is 12.8 Å². The Hall–Kier alpha value is -0.720. The summed E-state index contributed by atoms with van der Waals surface area (Å²) in [5.74, 6) is 0.622. The molecule has 2 heterocycles. The van der Waals surface area contributed by atoms with Gasteiger partial charge in [-0.25, -0.2) is 9.89 Å². The van der Waals surface area contributed by atoms with E-state index in [1.807, 2.05) is 4.90 Å². The quantitative estimate of drug-likeness (QED) is 0.652. The van der Waals surface area contributed by atoms with Crippen LogP contribution in [0.4, 0.5) is 5.95 Å². The average molecular weight is 256 g/mol. The second kappa shape index (κ2) is 5.99. The molecule has 0 unspecified atom stereocenters. The van der Waals surface area contributed by atoms with E-state index in [2.05, 4.69) is 15.2 Å². The molecule has 0 amide bonds. The van der Waals surface area contributed by atoms with Crippen LogP contribution in [0.3, 0.4) is 0 Å². The van der Waals surface area contributed by atoms with E-state index in [1.165, 1.54) is 0 Å². The maximum Gasteiger partial charge on any atom is 0.342 e. The zero-order chi connectivity index (χ0) is 9.26. The third kappa shape index (κ3) is 3.40. The lowest BCUT2D eigenvalue weighted by Crippen LogP contribution is -2.40. The largest absolute Gasteiger partial charge is 0.342 e. The summed E-state index contributed by atoms with van der Waals surface area (Å²) in [5, 5.41) is 6.20. The highest BCUT2D eigenvalue weighted by Gasteiger charge is 2.18. The minimum Gasteiger partial charge on any atom is -0.341 e. The van der Waals surface area contributed by atoms with Crippen molar-refractivity contribution in [2.24, 2.45) is 5.73 Å². The fraction of sp³-hybridized carbons (Fsp3) is 0.714. The molecule has 0 atom stereocenters. The number of H-pyrrole nitrogens is 2. The Kier molecular flexibility index (Phi) is 5.71. The second-order valence-electron chi connectivity index (χ2n) is 3.33. The van der Waals surface area contributed by atoms with Crippen molar-refractivity contribution in [3.05, 3.63) is 10.5 Å². The molecule has 0 aromatic carbocycles. The van der Waals surface area contributed by atoms with Gasteiger partial charge < -0.3 is 10.6 Å². The molecule has 1 saturated heterocycles. The molecule has 88 valence electrons. The topological polar surface area (TPSA) is 90.8 Å². The van der Waals surface area contributed by atoms with Gasteiger partial charge in [0.2, 0.25) is 5.95 Å². The zero-order valence-corrected chi connectivity index (χ0v) is 9.74. The van der Waals surface area contributed by atoms with Crippen LogP contribution in [0, 0.1) is 0 Å². The van der Waals surface area contributed by atoms with E-state index in [1.54, 1.807) is 0 Å². The van der Waals surface area contributed by atoms with Gasteiger partial charge in [-0.15, -0.1) is 29.9 Å². The normalized spacial score (nSPS) is 16.7. The molecule has 1 aliphatic rings. The highest BCUT2D eigenvalue weighted by molar-refractivity contribution is 5.85. The number of nitrogens with one attached hydrogen (secondary N) is 2. The number of rotatable bonds is 1. The summed E-state index contributed by atoms with van der Waals surface area (Å²) in [6.45, 7) is 1.73. The van der Waals surface area contributed by atoms with Gasteiger partial charge in [-0.2, -0.15) is 0 Å². The highest BCUT2D eigenvalue weighted by atomic mass is 35.5. The molecule has 0 saturated carbocycles. The molecule has 6 nitrogen and oxygen atoms in total. The first-order chi connectivity index (χ1) is 6.25. The molecule has 4 N–H and O–H groups in total. The predicted molar refractivity (Wildman–Crippen MR) is 63.1 cm³/mol. The Morgan fingerprint density at radius 3 is 2.40 bits per heavy atom. The van der Waals surface area contributed by atoms with Gasteiger partial charge in [-0.3, -0.25) is 4.98 Å². The standard InChI is InChI=1S/C7H13N5O.2ClH/c8-5-1-3-12(4-2-5)6-9-7(13)11-10-6;;/h5H,1-4,8H2,(H2,9,10,11,13);2*1H. The Labute approximate surface area is 99.4 Å². The number of hydrogen-bond acceptors (Lipinski definition) is 4. The minimum atomic E-state index is -0.259. The van der Waals surface area contributed by atoms with Gasteiger partial charge in [0, 0.05) is 19.1 Å². The van der Waals surface area contributed by atoms with Crippen LogP contribution < -0.4 is 16.3 Å². The lowest BCUT2D eigenvalue weighted by Gasteiger charge is -2.29. The van der Waals surface area contributed by atoms with Crippen molar-refractivity contribution in [1.29, 1.82) is 0 Å². The number of aromatic amines is 2. The van der Waals surface area contributed by atoms with Crippen molar-refractivity contribution in [3.63, 3.8) is 0 Å². The molecule has 0 aliphatic carbocycles. The Morgan fingerprint density at radius 2 is 1.93 bits per heavy atom. The van der Waals surface area contributed by atoms with E-state index in [0.717, 1.165) is 25.9 Å². The van der Waals surface area contributed by atoms with Crippen molar-refractivity contribution < 1.29 is 0 Å². The third-order valence-corrected chi connectivity index (χ3v) is 2.33. The molecule has 1 fully saturated rings. The van der Waals surface area contributed by atoms with Crippen LogP contribution in [-0.4, -0.2) is 34.3 Å². The second-order valence-corrected chi connectivity index (χ2v) is 3.33. The number of nitrogens with two attached hydrogens (primary N) is 1. The molecule has 0 radical (unpaired) electrons. The first-order valence-corrected chi connectivity index (χ1v) is 4.41. The van der Waals surface area contributed by atoms with Gasteiger partial charge in [-0.05, 0) is 12.8 Å². The van der Waals surface area contributed by atoms with E-state index in [0.29, 0.717) is 12.0 Å².